The topological polar surface area (TPSA) is 178 Å². The lowest BCUT2D eigenvalue weighted by Crippen LogP contribution is -2.60. The summed E-state index contributed by atoms with van der Waals surface area (Å²) in [7, 11) is -5.07. The lowest BCUT2D eigenvalue weighted by molar-refractivity contribution is -0.301. The van der Waals surface area contributed by atoms with Gasteiger partial charge >= 0.3 is 16.4 Å². The Labute approximate surface area is 441 Å². The van der Waals surface area contributed by atoms with Gasteiger partial charge in [-0.1, -0.05) is 230 Å². The minimum atomic E-state index is -5.07. The summed E-state index contributed by atoms with van der Waals surface area (Å²) in [6.07, 6.45) is 53.2. The summed E-state index contributed by atoms with van der Waals surface area (Å²) in [6, 6.07) is 0. The molecule has 1 saturated heterocycles. The summed E-state index contributed by atoms with van der Waals surface area (Å²) in [6.45, 7) is 4.03. The Morgan fingerprint density at radius 1 is 0.528 bits per heavy atom. The average Bonchev–Trinajstić information content (AvgIpc) is 3.36. The molecule has 424 valence electrons. The minimum Gasteiger partial charge on any atom is -0.457 e. The van der Waals surface area contributed by atoms with Gasteiger partial charge in [-0.25, -0.2) is 4.18 Å². The highest BCUT2D eigenvalue weighted by Crippen LogP contribution is 2.26. The quantitative estimate of drug-likeness (QED) is 0.0196. The van der Waals surface area contributed by atoms with Crippen molar-refractivity contribution >= 4 is 16.4 Å². The van der Waals surface area contributed by atoms with E-state index in [4.69, 9.17) is 18.9 Å². The lowest BCUT2D eigenvalue weighted by Gasteiger charge is -2.41. The van der Waals surface area contributed by atoms with E-state index in [0.717, 1.165) is 44.9 Å². The number of rotatable bonds is 53. The molecule has 0 bridgehead atoms. The molecule has 0 aromatic carbocycles. The van der Waals surface area contributed by atoms with E-state index in [0.29, 0.717) is 13.0 Å². The maximum Gasteiger partial charge on any atom is 0.397 e. The SMILES string of the molecule is CCCCCCC/C=C\C/C=C\CCCCCCCCCCCCCC(=O)OC(COCCCCCCCCCCCC/C=C\CCCCCCCCCC)COC1OC(CO)C(O)C(OS(=O)(=O)O)C1O. The Kier molecular flexibility index (Phi) is 47.6. The molecular weight excluding hydrogens is 933 g/mol. The van der Waals surface area contributed by atoms with Gasteiger partial charge in [-0.05, 0) is 70.6 Å². The maximum absolute atomic E-state index is 13.0. The summed E-state index contributed by atoms with van der Waals surface area (Å²) >= 11 is 0. The van der Waals surface area contributed by atoms with Crippen LogP contribution in [0.4, 0.5) is 0 Å². The van der Waals surface area contributed by atoms with Gasteiger partial charge in [0.15, 0.2) is 6.29 Å². The number of unbranched alkanes of at least 4 members (excludes halogenated alkanes) is 34. The van der Waals surface area contributed by atoms with Crippen LogP contribution in [-0.2, 0) is 38.3 Å². The Morgan fingerprint density at radius 3 is 1.33 bits per heavy atom. The molecule has 1 aliphatic heterocycles. The molecule has 1 aliphatic rings. The molecule has 13 heteroatoms. The van der Waals surface area contributed by atoms with Gasteiger partial charge in [0, 0.05) is 13.0 Å². The Balaban J connectivity index is 2.29. The number of hydrogen-bond donors (Lipinski definition) is 4. The first-order chi connectivity index (χ1) is 35.1. The summed E-state index contributed by atoms with van der Waals surface area (Å²) in [5.41, 5.74) is 0. The normalized spacial score (nSPS) is 19.1. The molecule has 12 nitrogen and oxygen atoms in total. The van der Waals surface area contributed by atoms with Crippen molar-refractivity contribution in [1.82, 2.24) is 0 Å². The van der Waals surface area contributed by atoms with E-state index < -0.39 is 59.8 Å². The van der Waals surface area contributed by atoms with Crippen molar-refractivity contribution in [3.05, 3.63) is 36.5 Å². The number of aliphatic hydroxyl groups is 3. The van der Waals surface area contributed by atoms with E-state index in [-0.39, 0.29) is 19.6 Å². The van der Waals surface area contributed by atoms with E-state index >= 15 is 0 Å². The highest BCUT2D eigenvalue weighted by Gasteiger charge is 2.48. The van der Waals surface area contributed by atoms with Gasteiger partial charge < -0.3 is 34.3 Å². The Hall–Kier alpha value is -1.68. The number of aliphatic hydroxyl groups excluding tert-OH is 3. The van der Waals surface area contributed by atoms with Gasteiger partial charge in [-0.15, -0.1) is 0 Å². The second-order valence-electron chi connectivity index (χ2n) is 20.6. The smallest absolute Gasteiger partial charge is 0.397 e. The molecule has 1 rings (SSSR count). The van der Waals surface area contributed by atoms with Gasteiger partial charge in [0.1, 0.15) is 30.5 Å². The average molecular weight is 1040 g/mol. The van der Waals surface area contributed by atoms with Crippen molar-refractivity contribution in [1.29, 1.82) is 0 Å². The molecule has 0 saturated carbocycles. The molecule has 0 aliphatic carbocycles. The van der Waals surface area contributed by atoms with Gasteiger partial charge in [0.25, 0.3) is 0 Å². The first-order valence-corrected chi connectivity index (χ1v) is 31.1. The molecule has 0 amide bonds. The molecule has 0 radical (unpaired) electrons. The van der Waals surface area contributed by atoms with Crippen LogP contribution in [0.2, 0.25) is 0 Å². The Bertz CT molecular complexity index is 1390. The number of carbonyl (C=O) groups is 1. The fraction of sp³-hybridized carbons (Fsp3) is 0.881. The monoisotopic (exact) mass is 1040 g/mol. The summed E-state index contributed by atoms with van der Waals surface area (Å²) in [4.78, 5) is 13.0. The zero-order chi connectivity index (χ0) is 52.4. The summed E-state index contributed by atoms with van der Waals surface area (Å²) in [5.74, 6) is -0.398. The van der Waals surface area contributed by atoms with E-state index in [9.17, 15) is 33.1 Å². The summed E-state index contributed by atoms with van der Waals surface area (Å²) < 4.78 is 59.5. The third kappa shape index (κ3) is 42.5. The van der Waals surface area contributed by atoms with Crippen LogP contribution in [0, 0.1) is 0 Å². The number of allylic oxidation sites excluding steroid dienone is 6. The van der Waals surface area contributed by atoms with Crippen LogP contribution in [-0.4, -0.2) is 97.5 Å². The van der Waals surface area contributed by atoms with Gasteiger partial charge in [-0.2, -0.15) is 8.42 Å². The maximum atomic E-state index is 13.0. The third-order valence-corrected chi connectivity index (χ3v) is 14.2. The minimum absolute atomic E-state index is 0.0366. The van der Waals surface area contributed by atoms with Crippen molar-refractivity contribution in [3.8, 4) is 0 Å². The standard InChI is InChI=1S/C59H110O12S/c1-3-5-7-9-11-13-15-17-19-21-23-25-27-28-30-32-34-36-38-40-42-44-46-48-55(61)69-53(52-68-59-57(63)58(71-72(64,65)66)56(62)54(50-60)70-59)51-67-49-47-45-43-41-39-37-35-33-31-29-26-24-22-20-18-16-14-12-10-8-6-4-2/h15,17,21-24,53-54,56-60,62-63H,3-14,16,18-20,25-52H2,1-2H3,(H,64,65,66)/b17-15-,23-21-,24-22-. The molecule has 0 spiro atoms. The van der Waals surface area contributed by atoms with Crippen LogP contribution >= 0.6 is 0 Å². The lowest BCUT2D eigenvalue weighted by atomic mass is 9.99. The van der Waals surface area contributed by atoms with Gasteiger partial charge in [0.2, 0.25) is 0 Å². The molecule has 0 aromatic rings. The van der Waals surface area contributed by atoms with E-state index in [1.165, 1.54) is 199 Å². The molecule has 1 heterocycles. The molecule has 72 heavy (non-hydrogen) atoms. The van der Waals surface area contributed by atoms with Crippen LogP contribution in [0.25, 0.3) is 0 Å². The van der Waals surface area contributed by atoms with Crippen LogP contribution in [0.1, 0.15) is 271 Å². The predicted octanol–water partition coefficient (Wildman–Crippen LogP) is 14.9. The van der Waals surface area contributed by atoms with Crippen molar-refractivity contribution in [2.24, 2.45) is 0 Å². The van der Waals surface area contributed by atoms with Crippen LogP contribution in [0.3, 0.4) is 0 Å². The highest BCUT2D eigenvalue weighted by molar-refractivity contribution is 7.80. The van der Waals surface area contributed by atoms with E-state index in [2.05, 4.69) is 54.5 Å². The second-order valence-corrected chi connectivity index (χ2v) is 21.6. The number of hydrogen-bond acceptors (Lipinski definition) is 11. The van der Waals surface area contributed by atoms with Crippen molar-refractivity contribution < 1.29 is 56.2 Å². The predicted molar refractivity (Wildman–Crippen MR) is 294 cm³/mol. The third-order valence-electron chi connectivity index (χ3n) is 13.7. The number of carbonyl (C=O) groups excluding carboxylic acids is 1. The fourth-order valence-corrected chi connectivity index (χ4v) is 9.74. The molecule has 6 unspecified atom stereocenters. The molecular formula is C59H110O12S. The largest absolute Gasteiger partial charge is 0.457 e. The molecule has 0 aromatic heterocycles. The molecule has 1 fully saturated rings. The van der Waals surface area contributed by atoms with Gasteiger partial charge in [0.05, 0.1) is 19.8 Å². The first-order valence-electron chi connectivity index (χ1n) is 29.7. The number of esters is 1. The van der Waals surface area contributed by atoms with Crippen molar-refractivity contribution in [2.75, 3.05) is 26.4 Å². The van der Waals surface area contributed by atoms with Crippen molar-refractivity contribution in [2.45, 2.75) is 307 Å². The van der Waals surface area contributed by atoms with E-state index in [1.54, 1.807) is 0 Å². The van der Waals surface area contributed by atoms with Crippen molar-refractivity contribution in [3.63, 3.8) is 0 Å². The second kappa shape index (κ2) is 50.2. The first kappa shape index (κ1) is 68.3. The highest BCUT2D eigenvalue weighted by atomic mass is 32.3. The molecule has 6 atom stereocenters. The van der Waals surface area contributed by atoms with Gasteiger partial charge in [-0.3, -0.25) is 9.35 Å². The number of ether oxygens (including phenoxy) is 4. The Morgan fingerprint density at radius 2 is 0.917 bits per heavy atom. The fourth-order valence-electron chi connectivity index (χ4n) is 9.23. The van der Waals surface area contributed by atoms with Crippen LogP contribution < -0.4 is 0 Å². The zero-order valence-corrected chi connectivity index (χ0v) is 46.8. The zero-order valence-electron chi connectivity index (χ0n) is 46.0. The van der Waals surface area contributed by atoms with Crippen LogP contribution in [0.15, 0.2) is 36.5 Å². The molecule has 4 N–H and O–H groups in total. The summed E-state index contributed by atoms with van der Waals surface area (Å²) in [5, 5.41) is 30.9. The van der Waals surface area contributed by atoms with Crippen LogP contribution in [0.5, 0.6) is 0 Å². The van der Waals surface area contributed by atoms with E-state index in [1.807, 2.05) is 0 Å².